The monoisotopic (exact) mass is 297 g/mol. The number of carbonyl (C=O) groups excluding carboxylic acids is 2. The molecule has 108 valence electrons. The van der Waals surface area contributed by atoms with Crippen molar-refractivity contribution in [3.05, 3.63) is 29.8 Å². The van der Waals surface area contributed by atoms with E-state index < -0.39 is 11.9 Å². The fraction of sp³-hybridized carbons (Fsp3) is 0.357. The summed E-state index contributed by atoms with van der Waals surface area (Å²) in [7, 11) is 0. The summed E-state index contributed by atoms with van der Waals surface area (Å²) < 4.78 is 5.12. The maximum Gasteiger partial charge on any atom is 0.331 e. The number of ether oxygens (including phenoxy) is 1. The molecular weight excluding hydrogens is 282 g/mol. The molecular formula is C14H16ClNO4. The van der Waals surface area contributed by atoms with Crippen molar-refractivity contribution in [1.29, 1.82) is 0 Å². The molecule has 0 atom stereocenters. The van der Waals surface area contributed by atoms with Crippen LogP contribution in [0.5, 0.6) is 5.75 Å². The molecule has 0 saturated heterocycles. The first-order chi connectivity index (χ1) is 9.54. The van der Waals surface area contributed by atoms with Gasteiger partial charge in [0.2, 0.25) is 0 Å². The van der Waals surface area contributed by atoms with Gasteiger partial charge in [-0.05, 0) is 25.0 Å². The van der Waals surface area contributed by atoms with Crippen molar-refractivity contribution in [2.45, 2.75) is 26.7 Å². The SMILES string of the molecule is CC(=O)ON=C(CCCCl)c1ccccc1OC(C)=O. The number of rotatable bonds is 6. The van der Waals surface area contributed by atoms with Gasteiger partial charge < -0.3 is 9.57 Å². The molecule has 0 N–H and O–H groups in total. The Labute approximate surface area is 122 Å². The molecule has 0 aromatic heterocycles. The van der Waals surface area contributed by atoms with Crippen molar-refractivity contribution >= 4 is 29.3 Å². The zero-order valence-corrected chi connectivity index (χ0v) is 12.1. The van der Waals surface area contributed by atoms with Crippen LogP contribution in [0.25, 0.3) is 0 Å². The van der Waals surface area contributed by atoms with E-state index in [9.17, 15) is 9.59 Å². The van der Waals surface area contributed by atoms with Gasteiger partial charge in [0.05, 0.1) is 5.71 Å². The quantitative estimate of drug-likeness (QED) is 0.202. The Bertz CT molecular complexity index is 514. The Morgan fingerprint density at radius 1 is 1.20 bits per heavy atom. The van der Waals surface area contributed by atoms with Crippen LogP contribution in [0.4, 0.5) is 0 Å². The minimum Gasteiger partial charge on any atom is -0.426 e. The largest absolute Gasteiger partial charge is 0.426 e. The number of esters is 1. The summed E-state index contributed by atoms with van der Waals surface area (Å²) in [5.74, 6) is -0.116. The molecule has 1 rings (SSSR count). The highest BCUT2D eigenvalue weighted by atomic mass is 35.5. The number of hydrogen-bond acceptors (Lipinski definition) is 5. The van der Waals surface area contributed by atoms with Crippen LogP contribution in [0.15, 0.2) is 29.4 Å². The van der Waals surface area contributed by atoms with Crippen LogP contribution < -0.4 is 4.74 Å². The molecule has 0 amide bonds. The number of hydrogen-bond donors (Lipinski definition) is 0. The summed E-state index contributed by atoms with van der Waals surface area (Å²) in [5, 5.41) is 3.82. The van der Waals surface area contributed by atoms with Gasteiger partial charge in [-0.1, -0.05) is 17.3 Å². The molecule has 5 nitrogen and oxygen atoms in total. The van der Waals surface area contributed by atoms with E-state index in [4.69, 9.17) is 16.3 Å². The molecule has 0 saturated carbocycles. The van der Waals surface area contributed by atoms with E-state index in [-0.39, 0.29) is 0 Å². The van der Waals surface area contributed by atoms with Gasteiger partial charge in [0.25, 0.3) is 0 Å². The Morgan fingerprint density at radius 2 is 1.90 bits per heavy atom. The number of halogens is 1. The molecule has 20 heavy (non-hydrogen) atoms. The second kappa shape index (κ2) is 8.32. The Morgan fingerprint density at radius 3 is 2.50 bits per heavy atom. The van der Waals surface area contributed by atoms with Crippen LogP contribution in [0.2, 0.25) is 0 Å². The number of alkyl halides is 1. The van der Waals surface area contributed by atoms with Crippen LogP contribution in [0.3, 0.4) is 0 Å². The first-order valence-electron chi connectivity index (χ1n) is 6.12. The standard InChI is InChI=1S/C14H16ClNO4/c1-10(17)19-14-8-4-3-6-12(14)13(7-5-9-15)16-20-11(2)18/h3-4,6,8H,5,7,9H2,1-2H3. The van der Waals surface area contributed by atoms with Gasteiger partial charge in [0.15, 0.2) is 0 Å². The predicted octanol–water partition coefficient (Wildman–Crippen LogP) is 2.90. The molecule has 0 heterocycles. The zero-order valence-electron chi connectivity index (χ0n) is 11.4. The summed E-state index contributed by atoms with van der Waals surface area (Å²) >= 11 is 5.67. The molecule has 0 unspecified atom stereocenters. The highest BCUT2D eigenvalue weighted by Crippen LogP contribution is 2.21. The summed E-state index contributed by atoms with van der Waals surface area (Å²) in [4.78, 5) is 26.7. The van der Waals surface area contributed by atoms with Crippen molar-refractivity contribution in [2.75, 3.05) is 5.88 Å². The lowest BCUT2D eigenvalue weighted by Gasteiger charge is -2.10. The van der Waals surface area contributed by atoms with Crippen molar-refractivity contribution in [3.8, 4) is 5.75 Å². The lowest BCUT2D eigenvalue weighted by molar-refractivity contribution is -0.141. The lowest BCUT2D eigenvalue weighted by atomic mass is 10.1. The predicted molar refractivity (Wildman–Crippen MR) is 76.0 cm³/mol. The molecule has 0 fully saturated rings. The van der Waals surface area contributed by atoms with E-state index >= 15 is 0 Å². The first kappa shape index (κ1) is 16.2. The first-order valence-corrected chi connectivity index (χ1v) is 6.66. The number of carbonyl (C=O) groups is 2. The summed E-state index contributed by atoms with van der Waals surface area (Å²) in [5.41, 5.74) is 1.12. The van der Waals surface area contributed by atoms with E-state index in [0.717, 1.165) is 0 Å². The average Bonchev–Trinajstić information content (AvgIpc) is 2.39. The fourth-order valence-electron chi connectivity index (χ4n) is 1.53. The molecule has 0 bridgehead atoms. The highest BCUT2D eigenvalue weighted by molar-refractivity contribution is 6.18. The Kier molecular flexibility index (Phi) is 6.73. The summed E-state index contributed by atoms with van der Waals surface area (Å²) in [6.45, 7) is 2.58. The highest BCUT2D eigenvalue weighted by Gasteiger charge is 2.13. The molecule has 0 aliphatic rings. The van der Waals surface area contributed by atoms with E-state index in [1.807, 2.05) is 0 Å². The normalized spacial score (nSPS) is 11.1. The second-order valence-corrected chi connectivity index (χ2v) is 4.38. The van der Waals surface area contributed by atoms with Crippen molar-refractivity contribution in [3.63, 3.8) is 0 Å². The number of para-hydroxylation sites is 1. The Hall–Kier alpha value is -1.88. The van der Waals surface area contributed by atoms with Gasteiger partial charge in [-0.3, -0.25) is 4.79 Å². The lowest BCUT2D eigenvalue weighted by Crippen LogP contribution is -2.10. The minimum absolute atomic E-state index is 0.375. The average molecular weight is 298 g/mol. The second-order valence-electron chi connectivity index (χ2n) is 4.00. The zero-order chi connectivity index (χ0) is 15.0. The molecule has 0 aliphatic carbocycles. The van der Waals surface area contributed by atoms with Gasteiger partial charge >= 0.3 is 11.9 Å². The third-order valence-electron chi connectivity index (χ3n) is 2.28. The van der Waals surface area contributed by atoms with Gasteiger partial charge in [0.1, 0.15) is 5.75 Å². The van der Waals surface area contributed by atoms with E-state index in [0.29, 0.717) is 35.7 Å². The number of benzene rings is 1. The van der Waals surface area contributed by atoms with Gasteiger partial charge in [0, 0.05) is 25.3 Å². The van der Waals surface area contributed by atoms with Crippen LogP contribution in [0.1, 0.15) is 32.3 Å². The molecule has 1 aromatic carbocycles. The Balaban J connectivity index is 3.08. The smallest absolute Gasteiger partial charge is 0.331 e. The van der Waals surface area contributed by atoms with Crippen LogP contribution in [-0.4, -0.2) is 23.5 Å². The molecule has 0 spiro atoms. The molecule has 0 radical (unpaired) electrons. The van der Waals surface area contributed by atoms with E-state index in [1.54, 1.807) is 24.3 Å². The van der Waals surface area contributed by atoms with Gasteiger partial charge in [-0.2, -0.15) is 0 Å². The van der Waals surface area contributed by atoms with Crippen molar-refractivity contribution < 1.29 is 19.2 Å². The summed E-state index contributed by atoms with van der Waals surface area (Å²) in [6.07, 6.45) is 1.17. The molecule has 0 aliphatic heterocycles. The number of nitrogens with zero attached hydrogens (tertiary/aromatic N) is 1. The maximum absolute atomic E-state index is 11.1. The third-order valence-corrected chi connectivity index (χ3v) is 2.55. The third kappa shape index (κ3) is 5.40. The number of oxime groups is 1. The molecule has 1 aromatic rings. The minimum atomic E-state index is -0.515. The maximum atomic E-state index is 11.1. The summed E-state index contributed by atoms with van der Waals surface area (Å²) in [6, 6.07) is 6.93. The van der Waals surface area contributed by atoms with Crippen LogP contribution in [-0.2, 0) is 14.4 Å². The van der Waals surface area contributed by atoms with Crippen LogP contribution >= 0.6 is 11.6 Å². The van der Waals surface area contributed by atoms with E-state index in [2.05, 4.69) is 9.99 Å². The molecule has 6 heteroatoms. The van der Waals surface area contributed by atoms with Crippen molar-refractivity contribution in [1.82, 2.24) is 0 Å². The van der Waals surface area contributed by atoms with Gasteiger partial charge in [-0.15, -0.1) is 11.6 Å². The topological polar surface area (TPSA) is 65.0 Å². The van der Waals surface area contributed by atoms with E-state index in [1.165, 1.54) is 13.8 Å². The fourth-order valence-corrected chi connectivity index (χ4v) is 1.67. The van der Waals surface area contributed by atoms with Crippen molar-refractivity contribution in [2.24, 2.45) is 5.16 Å². The van der Waals surface area contributed by atoms with Gasteiger partial charge in [-0.25, -0.2) is 4.79 Å². The van der Waals surface area contributed by atoms with Crippen LogP contribution in [0, 0.1) is 0 Å².